The van der Waals surface area contributed by atoms with E-state index in [0.717, 1.165) is 18.6 Å². The van der Waals surface area contributed by atoms with Gasteiger partial charge in [0.2, 0.25) is 0 Å². The summed E-state index contributed by atoms with van der Waals surface area (Å²) in [5.41, 5.74) is 0.341. The van der Waals surface area contributed by atoms with Crippen molar-refractivity contribution in [3.8, 4) is 0 Å². The van der Waals surface area contributed by atoms with Crippen molar-refractivity contribution < 1.29 is 5.11 Å². The van der Waals surface area contributed by atoms with E-state index in [0.29, 0.717) is 5.41 Å². The van der Waals surface area contributed by atoms with Gasteiger partial charge in [0.15, 0.2) is 0 Å². The van der Waals surface area contributed by atoms with E-state index in [-0.39, 0.29) is 10.9 Å². The van der Waals surface area contributed by atoms with E-state index >= 15 is 0 Å². The summed E-state index contributed by atoms with van der Waals surface area (Å²) in [6.45, 7) is 13.2. The fraction of sp³-hybridized carbons (Fsp3) is 1.00. The molecule has 0 heterocycles. The van der Waals surface area contributed by atoms with Crippen LogP contribution in [0.3, 0.4) is 0 Å². The zero-order valence-electron chi connectivity index (χ0n) is 10.6. The molecule has 0 saturated carbocycles. The SMILES string of the molecule is CC(C)(C)CCC(O)CSC(C)(C)C. The predicted molar refractivity (Wildman–Crippen MR) is 66.9 cm³/mol. The van der Waals surface area contributed by atoms with Crippen molar-refractivity contribution in [2.24, 2.45) is 5.41 Å². The summed E-state index contributed by atoms with van der Waals surface area (Å²) in [6, 6.07) is 0. The molecule has 0 spiro atoms. The average molecular weight is 218 g/mol. The van der Waals surface area contributed by atoms with Gasteiger partial charge in [-0.05, 0) is 18.3 Å². The molecule has 1 atom stereocenters. The van der Waals surface area contributed by atoms with E-state index in [4.69, 9.17) is 0 Å². The Morgan fingerprint density at radius 1 is 1.07 bits per heavy atom. The lowest BCUT2D eigenvalue weighted by atomic mass is 9.89. The second-order valence-electron chi connectivity index (χ2n) is 6.18. The molecule has 0 aliphatic rings. The van der Waals surface area contributed by atoms with Crippen molar-refractivity contribution in [1.29, 1.82) is 0 Å². The molecule has 86 valence electrons. The summed E-state index contributed by atoms with van der Waals surface area (Å²) in [6.07, 6.45) is 1.88. The van der Waals surface area contributed by atoms with E-state index in [1.165, 1.54) is 0 Å². The Morgan fingerprint density at radius 2 is 1.57 bits per heavy atom. The van der Waals surface area contributed by atoms with Crippen molar-refractivity contribution >= 4 is 11.8 Å². The Hall–Kier alpha value is 0.310. The van der Waals surface area contributed by atoms with Gasteiger partial charge < -0.3 is 5.11 Å². The average Bonchev–Trinajstić information content (AvgIpc) is 1.94. The van der Waals surface area contributed by atoms with Gasteiger partial charge in [0, 0.05) is 10.5 Å². The molecule has 1 unspecified atom stereocenters. The topological polar surface area (TPSA) is 20.2 Å². The fourth-order valence-electron chi connectivity index (χ4n) is 1.03. The van der Waals surface area contributed by atoms with Crippen LogP contribution in [0.2, 0.25) is 0 Å². The molecule has 0 aliphatic carbocycles. The normalized spacial score (nSPS) is 15.6. The maximum absolute atomic E-state index is 9.76. The Kier molecular flexibility index (Phi) is 5.53. The van der Waals surface area contributed by atoms with Crippen molar-refractivity contribution in [3.05, 3.63) is 0 Å². The van der Waals surface area contributed by atoms with Crippen LogP contribution in [-0.4, -0.2) is 21.7 Å². The molecule has 0 amide bonds. The lowest BCUT2D eigenvalue weighted by Gasteiger charge is -2.23. The molecule has 0 aromatic rings. The quantitative estimate of drug-likeness (QED) is 0.776. The van der Waals surface area contributed by atoms with Gasteiger partial charge in [-0.1, -0.05) is 41.5 Å². The third-order valence-electron chi connectivity index (χ3n) is 1.94. The molecule has 0 rings (SSSR count). The van der Waals surface area contributed by atoms with Gasteiger partial charge in [-0.15, -0.1) is 0 Å². The number of hydrogen-bond acceptors (Lipinski definition) is 2. The maximum atomic E-state index is 9.76. The lowest BCUT2D eigenvalue weighted by molar-refractivity contribution is 0.167. The van der Waals surface area contributed by atoms with Crippen LogP contribution in [0.5, 0.6) is 0 Å². The van der Waals surface area contributed by atoms with Gasteiger partial charge >= 0.3 is 0 Å². The van der Waals surface area contributed by atoms with Gasteiger partial charge in [-0.25, -0.2) is 0 Å². The fourth-order valence-corrected chi connectivity index (χ4v) is 1.89. The minimum absolute atomic E-state index is 0.140. The predicted octanol–water partition coefficient (Wildman–Crippen LogP) is 3.71. The summed E-state index contributed by atoms with van der Waals surface area (Å²) in [7, 11) is 0. The van der Waals surface area contributed by atoms with Crippen LogP contribution < -0.4 is 0 Å². The minimum atomic E-state index is -0.140. The van der Waals surface area contributed by atoms with Gasteiger partial charge in [-0.3, -0.25) is 0 Å². The highest BCUT2D eigenvalue weighted by molar-refractivity contribution is 8.00. The van der Waals surface area contributed by atoms with Crippen molar-refractivity contribution in [3.63, 3.8) is 0 Å². The van der Waals surface area contributed by atoms with E-state index in [1.807, 2.05) is 11.8 Å². The Balaban J connectivity index is 3.62. The third-order valence-corrected chi connectivity index (χ3v) is 3.35. The minimum Gasteiger partial charge on any atom is -0.392 e. The van der Waals surface area contributed by atoms with Gasteiger partial charge in [0.1, 0.15) is 0 Å². The summed E-state index contributed by atoms with van der Waals surface area (Å²) in [4.78, 5) is 0. The zero-order valence-corrected chi connectivity index (χ0v) is 11.4. The van der Waals surface area contributed by atoms with Crippen molar-refractivity contribution in [1.82, 2.24) is 0 Å². The van der Waals surface area contributed by atoms with Gasteiger partial charge in [0.25, 0.3) is 0 Å². The van der Waals surface area contributed by atoms with Crippen LogP contribution in [-0.2, 0) is 0 Å². The van der Waals surface area contributed by atoms with Crippen LogP contribution in [0.1, 0.15) is 54.4 Å². The molecule has 14 heavy (non-hydrogen) atoms. The molecule has 2 heteroatoms. The van der Waals surface area contributed by atoms with E-state index < -0.39 is 0 Å². The number of thioether (sulfide) groups is 1. The Bertz CT molecular complexity index is 135. The molecule has 0 aromatic heterocycles. The molecular weight excluding hydrogens is 192 g/mol. The molecule has 1 N–H and O–H groups in total. The molecule has 0 fully saturated rings. The highest BCUT2D eigenvalue weighted by Crippen LogP contribution is 2.27. The molecule has 1 nitrogen and oxygen atoms in total. The molecule has 0 radical (unpaired) electrons. The van der Waals surface area contributed by atoms with Crippen LogP contribution in [0.25, 0.3) is 0 Å². The van der Waals surface area contributed by atoms with Crippen LogP contribution in [0.15, 0.2) is 0 Å². The van der Waals surface area contributed by atoms with E-state index in [9.17, 15) is 5.11 Å². The molecule has 0 saturated heterocycles. The summed E-state index contributed by atoms with van der Waals surface area (Å²) in [5.74, 6) is 0.861. The third kappa shape index (κ3) is 10.4. The first-order valence-corrected chi connectivity index (χ1v) is 6.41. The standard InChI is InChI=1S/C12H26OS/c1-11(2,3)8-7-10(13)9-14-12(4,5)6/h10,13H,7-9H2,1-6H3. The van der Waals surface area contributed by atoms with Crippen LogP contribution >= 0.6 is 11.8 Å². The maximum Gasteiger partial charge on any atom is 0.0631 e. The summed E-state index contributed by atoms with van der Waals surface area (Å²) < 4.78 is 0.267. The largest absolute Gasteiger partial charge is 0.392 e. The second kappa shape index (κ2) is 5.41. The van der Waals surface area contributed by atoms with Gasteiger partial charge in [0.05, 0.1) is 6.10 Å². The highest BCUT2D eigenvalue weighted by atomic mass is 32.2. The van der Waals surface area contributed by atoms with Crippen molar-refractivity contribution in [2.75, 3.05) is 5.75 Å². The first-order valence-electron chi connectivity index (χ1n) is 5.42. The summed E-state index contributed by atoms with van der Waals surface area (Å²) in [5, 5.41) is 9.76. The molecular formula is C12H26OS. The van der Waals surface area contributed by atoms with Crippen LogP contribution in [0.4, 0.5) is 0 Å². The zero-order chi connectivity index (χ0) is 11.4. The smallest absolute Gasteiger partial charge is 0.0631 e. The van der Waals surface area contributed by atoms with Gasteiger partial charge in [-0.2, -0.15) is 11.8 Å². The Labute approximate surface area is 93.7 Å². The number of aliphatic hydroxyl groups is 1. The lowest BCUT2D eigenvalue weighted by Crippen LogP contribution is -2.18. The number of rotatable bonds is 4. The first-order chi connectivity index (χ1) is 6.10. The van der Waals surface area contributed by atoms with Crippen LogP contribution in [0, 0.1) is 5.41 Å². The highest BCUT2D eigenvalue weighted by Gasteiger charge is 2.16. The number of aliphatic hydroxyl groups excluding tert-OH is 1. The Morgan fingerprint density at radius 3 is 1.93 bits per heavy atom. The van der Waals surface area contributed by atoms with E-state index in [2.05, 4.69) is 41.5 Å². The molecule has 0 aliphatic heterocycles. The second-order valence-corrected chi connectivity index (χ2v) is 8.02. The molecule has 0 aromatic carbocycles. The monoisotopic (exact) mass is 218 g/mol. The summed E-state index contributed by atoms with van der Waals surface area (Å²) >= 11 is 1.84. The molecule has 0 bridgehead atoms. The number of hydrogen-bond donors (Lipinski definition) is 1. The van der Waals surface area contributed by atoms with E-state index in [1.54, 1.807) is 0 Å². The van der Waals surface area contributed by atoms with Crippen molar-refractivity contribution in [2.45, 2.75) is 65.2 Å². The first kappa shape index (κ1) is 14.3.